The molecular formula is C15H15NO2S. The summed E-state index contributed by atoms with van der Waals surface area (Å²) in [7, 11) is 0. The van der Waals surface area contributed by atoms with Gasteiger partial charge >= 0.3 is 5.97 Å². The molecule has 0 saturated carbocycles. The molecule has 0 radical (unpaired) electrons. The van der Waals surface area contributed by atoms with E-state index in [1.54, 1.807) is 11.8 Å². The van der Waals surface area contributed by atoms with E-state index in [2.05, 4.69) is 0 Å². The highest BCUT2D eigenvalue weighted by atomic mass is 32.2. The van der Waals surface area contributed by atoms with Crippen molar-refractivity contribution in [2.45, 2.75) is 26.0 Å². The molecule has 4 heteroatoms. The van der Waals surface area contributed by atoms with Crippen molar-refractivity contribution >= 4 is 28.6 Å². The van der Waals surface area contributed by atoms with Crippen LogP contribution in [0.3, 0.4) is 0 Å². The maximum Gasteiger partial charge on any atom is 0.336 e. The Morgan fingerprint density at radius 1 is 1.37 bits per heavy atom. The molecule has 2 aromatic rings. The molecule has 98 valence electrons. The zero-order valence-electron chi connectivity index (χ0n) is 11.0. The van der Waals surface area contributed by atoms with E-state index in [1.165, 1.54) is 0 Å². The summed E-state index contributed by atoms with van der Waals surface area (Å²) < 4.78 is 0. The molecule has 0 fully saturated rings. The third-order valence-corrected chi connectivity index (χ3v) is 4.80. The highest BCUT2D eigenvalue weighted by molar-refractivity contribution is 7.98. The molecule has 1 aromatic heterocycles. The van der Waals surface area contributed by atoms with Crippen LogP contribution in [0.25, 0.3) is 10.9 Å². The number of fused-ring (bicyclic) bond motifs is 2. The van der Waals surface area contributed by atoms with Crippen LogP contribution < -0.4 is 0 Å². The lowest BCUT2D eigenvalue weighted by Crippen LogP contribution is -2.13. The summed E-state index contributed by atoms with van der Waals surface area (Å²) in [5.74, 6) is 0.942. The summed E-state index contributed by atoms with van der Waals surface area (Å²) in [5.41, 5.74) is 5.43. The first kappa shape index (κ1) is 12.5. The number of aryl methyl sites for hydroxylation is 3. The average Bonchev–Trinajstić information content (AvgIpc) is 2.40. The zero-order valence-corrected chi connectivity index (χ0v) is 11.8. The quantitative estimate of drug-likeness (QED) is 0.865. The second kappa shape index (κ2) is 4.53. The fourth-order valence-electron chi connectivity index (χ4n) is 2.61. The van der Waals surface area contributed by atoms with Crippen molar-refractivity contribution in [2.24, 2.45) is 0 Å². The monoisotopic (exact) mass is 273 g/mol. The van der Waals surface area contributed by atoms with E-state index in [-0.39, 0.29) is 0 Å². The van der Waals surface area contributed by atoms with Crippen molar-refractivity contribution < 1.29 is 9.90 Å². The van der Waals surface area contributed by atoms with Crippen molar-refractivity contribution in [1.82, 2.24) is 4.98 Å². The van der Waals surface area contributed by atoms with E-state index in [0.717, 1.165) is 51.2 Å². The summed E-state index contributed by atoms with van der Waals surface area (Å²) in [6, 6.07) is 3.88. The molecule has 1 aromatic carbocycles. The third-order valence-electron chi connectivity index (χ3n) is 3.81. The fourth-order valence-corrected chi connectivity index (χ4v) is 3.60. The number of pyridine rings is 1. The van der Waals surface area contributed by atoms with Crippen LogP contribution in [-0.4, -0.2) is 21.8 Å². The first-order chi connectivity index (χ1) is 9.09. The first-order valence-electron chi connectivity index (χ1n) is 6.32. The lowest BCUT2D eigenvalue weighted by atomic mass is 9.96. The summed E-state index contributed by atoms with van der Waals surface area (Å²) in [4.78, 5) is 16.4. The van der Waals surface area contributed by atoms with Gasteiger partial charge in [-0.15, -0.1) is 0 Å². The Morgan fingerprint density at radius 3 is 2.89 bits per heavy atom. The number of carbonyl (C=O) groups is 1. The predicted octanol–water partition coefficient (Wildman–Crippen LogP) is 3.34. The van der Waals surface area contributed by atoms with Crippen LogP contribution in [0.15, 0.2) is 12.1 Å². The minimum Gasteiger partial charge on any atom is -0.478 e. The van der Waals surface area contributed by atoms with E-state index in [9.17, 15) is 9.90 Å². The number of benzene rings is 1. The van der Waals surface area contributed by atoms with Crippen LogP contribution in [0.5, 0.6) is 0 Å². The van der Waals surface area contributed by atoms with Crippen molar-refractivity contribution in [1.29, 1.82) is 0 Å². The van der Waals surface area contributed by atoms with Crippen LogP contribution in [-0.2, 0) is 12.2 Å². The Hall–Kier alpha value is -1.55. The number of rotatable bonds is 1. The molecule has 0 unspecified atom stereocenters. The lowest BCUT2D eigenvalue weighted by Gasteiger charge is -2.19. The van der Waals surface area contributed by atoms with Crippen molar-refractivity contribution in [3.05, 3.63) is 40.1 Å². The largest absolute Gasteiger partial charge is 0.478 e. The molecule has 0 spiro atoms. The number of carboxylic acid groups (broad SMARTS) is 1. The Labute approximate surface area is 116 Å². The van der Waals surface area contributed by atoms with Gasteiger partial charge in [0.15, 0.2) is 0 Å². The van der Waals surface area contributed by atoms with Gasteiger partial charge in [0.2, 0.25) is 0 Å². The number of hydrogen-bond acceptors (Lipinski definition) is 3. The molecule has 0 saturated heterocycles. The highest BCUT2D eigenvalue weighted by Gasteiger charge is 2.23. The van der Waals surface area contributed by atoms with Gasteiger partial charge in [0.05, 0.1) is 11.1 Å². The molecule has 3 rings (SSSR count). The van der Waals surface area contributed by atoms with Gasteiger partial charge in [-0.2, -0.15) is 11.8 Å². The Balaban J connectivity index is 2.45. The van der Waals surface area contributed by atoms with E-state index in [0.29, 0.717) is 5.56 Å². The van der Waals surface area contributed by atoms with Crippen molar-refractivity contribution in [3.63, 3.8) is 0 Å². The smallest absolute Gasteiger partial charge is 0.336 e. The number of nitrogens with zero attached hydrogens (tertiary/aromatic N) is 1. The van der Waals surface area contributed by atoms with Gasteiger partial charge in [0.1, 0.15) is 0 Å². The molecular weight excluding hydrogens is 258 g/mol. The van der Waals surface area contributed by atoms with E-state index in [4.69, 9.17) is 4.98 Å². The Kier molecular flexibility index (Phi) is 2.97. The van der Waals surface area contributed by atoms with Gasteiger partial charge in [-0.1, -0.05) is 12.1 Å². The molecule has 1 aliphatic rings. The molecule has 0 amide bonds. The maximum absolute atomic E-state index is 11.6. The minimum atomic E-state index is -0.839. The van der Waals surface area contributed by atoms with Gasteiger partial charge in [-0.3, -0.25) is 4.98 Å². The third kappa shape index (κ3) is 1.91. The SMILES string of the molecule is Cc1ccc2c(C(=O)O)c3c(nc2c1C)CCSC3. The van der Waals surface area contributed by atoms with Gasteiger partial charge < -0.3 is 5.11 Å². The summed E-state index contributed by atoms with van der Waals surface area (Å²) in [5, 5.41) is 10.3. The molecule has 0 aliphatic carbocycles. The average molecular weight is 273 g/mol. The summed E-state index contributed by atoms with van der Waals surface area (Å²) >= 11 is 1.78. The first-order valence-corrected chi connectivity index (χ1v) is 7.47. The number of carboxylic acids is 1. The molecule has 1 N–H and O–H groups in total. The Bertz CT molecular complexity index is 694. The lowest BCUT2D eigenvalue weighted by molar-refractivity contribution is 0.0698. The fraction of sp³-hybridized carbons (Fsp3) is 0.333. The van der Waals surface area contributed by atoms with Gasteiger partial charge in [-0.05, 0) is 42.7 Å². The normalized spacial score (nSPS) is 14.4. The second-order valence-corrected chi connectivity index (χ2v) is 6.03. The van der Waals surface area contributed by atoms with Crippen LogP contribution >= 0.6 is 11.8 Å². The molecule has 2 heterocycles. The number of aromatic nitrogens is 1. The Morgan fingerprint density at radius 2 is 2.16 bits per heavy atom. The minimum absolute atomic E-state index is 0.454. The molecule has 0 bridgehead atoms. The second-order valence-electron chi connectivity index (χ2n) is 4.92. The van der Waals surface area contributed by atoms with Crippen molar-refractivity contribution in [2.75, 3.05) is 5.75 Å². The maximum atomic E-state index is 11.6. The van der Waals surface area contributed by atoms with E-state index < -0.39 is 5.97 Å². The van der Waals surface area contributed by atoms with Crippen molar-refractivity contribution in [3.8, 4) is 0 Å². The molecule has 19 heavy (non-hydrogen) atoms. The summed E-state index contributed by atoms with van der Waals surface area (Å²) in [6.45, 7) is 4.05. The van der Waals surface area contributed by atoms with E-state index >= 15 is 0 Å². The number of thioether (sulfide) groups is 1. The highest BCUT2D eigenvalue weighted by Crippen LogP contribution is 2.33. The number of hydrogen-bond donors (Lipinski definition) is 1. The zero-order chi connectivity index (χ0) is 13.6. The van der Waals surface area contributed by atoms with Gasteiger partial charge in [0.25, 0.3) is 0 Å². The van der Waals surface area contributed by atoms with E-state index in [1.807, 2.05) is 26.0 Å². The van der Waals surface area contributed by atoms with Gasteiger partial charge in [-0.25, -0.2) is 4.79 Å². The van der Waals surface area contributed by atoms with Crippen LogP contribution in [0.4, 0.5) is 0 Å². The number of aromatic carboxylic acids is 1. The van der Waals surface area contributed by atoms with Crippen LogP contribution in [0, 0.1) is 13.8 Å². The predicted molar refractivity (Wildman–Crippen MR) is 78.0 cm³/mol. The van der Waals surface area contributed by atoms with Crippen LogP contribution in [0.2, 0.25) is 0 Å². The van der Waals surface area contributed by atoms with Crippen LogP contribution in [0.1, 0.15) is 32.7 Å². The molecule has 3 nitrogen and oxygen atoms in total. The van der Waals surface area contributed by atoms with Gasteiger partial charge in [0, 0.05) is 16.8 Å². The summed E-state index contributed by atoms with van der Waals surface area (Å²) in [6.07, 6.45) is 0.865. The standard InChI is InChI=1S/C15H15NO2S/c1-8-3-4-10-13(15(17)18)11-7-19-6-5-12(11)16-14(10)9(8)2/h3-4H,5-7H2,1-2H3,(H,17,18). The molecule has 1 aliphatic heterocycles. The topological polar surface area (TPSA) is 50.2 Å². The molecule has 0 atom stereocenters.